The maximum absolute atomic E-state index is 6.08. The van der Waals surface area contributed by atoms with E-state index in [1.54, 1.807) is 6.92 Å². The first-order valence-electron chi connectivity index (χ1n) is 5.20. The van der Waals surface area contributed by atoms with Gasteiger partial charge >= 0.3 is 0 Å². The summed E-state index contributed by atoms with van der Waals surface area (Å²) in [6, 6.07) is 5.88. The highest BCUT2D eigenvalue weighted by Gasteiger charge is 2.15. The Morgan fingerprint density at radius 1 is 1.12 bits per heavy atom. The first kappa shape index (κ1) is 10.8. The van der Waals surface area contributed by atoms with Gasteiger partial charge < -0.3 is 10.3 Å². The molecule has 1 unspecified atom stereocenters. The molecule has 0 aliphatic rings. The summed E-state index contributed by atoms with van der Waals surface area (Å²) in [5.74, 6) is 1.07. The molecule has 0 radical (unpaired) electrons. The van der Waals surface area contributed by atoms with Crippen LogP contribution in [0.2, 0.25) is 0 Å². The minimum Gasteiger partial charge on any atom is -0.340 e. The van der Waals surface area contributed by atoms with Gasteiger partial charge in [0, 0.05) is 6.92 Å². The molecule has 1 atom stereocenters. The lowest BCUT2D eigenvalue weighted by molar-refractivity contribution is 0.385. The fourth-order valence-electron chi connectivity index (χ4n) is 1.78. The van der Waals surface area contributed by atoms with Gasteiger partial charge in [-0.2, -0.15) is 4.98 Å². The van der Waals surface area contributed by atoms with Crippen molar-refractivity contribution in [2.24, 2.45) is 5.73 Å². The number of aryl methyl sites for hydroxylation is 3. The Morgan fingerprint density at radius 3 is 2.25 bits per heavy atom. The van der Waals surface area contributed by atoms with Crippen molar-refractivity contribution in [3.05, 3.63) is 46.6 Å². The highest BCUT2D eigenvalue weighted by Crippen LogP contribution is 2.19. The first-order valence-corrected chi connectivity index (χ1v) is 5.20. The molecule has 0 saturated carbocycles. The molecule has 0 aliphatic heterocycles. The molecule has 0 fully saturated rings. The molecule has 4 nitrogen and oxygen atoms in total. The van der Waals surface area contributed by atoms with Gasteiger partial charge in [0.05, 0.1) is 6.04 Å². The van der Waals surface area contributed by atoms with Crippen molar-refractivity contribution in [2.45, 2.75) is 26.8 Å². The molecule has 2 rings (SSSR count). The van der Waals surface area contributed by atoms with Crippen molar-refractivity contribution in [2.75, 3.05) is 0 Å². The summed E-state index contributed by atoms with van der Waals surface area (Å²) in [4.78, 5) is 4.14. The Bertz CT molecular complexity index is 484. The topological polar surface area (TPSA) is 64.9 Å². The Balaban J connectivity index is 2.37. The predicted octanol–water partition coefficient (Wildman–Crippen LogP) is 2.04. The van der Waals surface area contributed by atoms with Crippen LogP contribution in [0.5, 0.6) is 0 Å². The molecule has 0 aliphatic carbocycles. The normalized spacial score (nSPS) is 12.8. The largest absolute Gasteiger partial charge is 0.340 e. The molecule has 4 heteroatoms. The molecule has 16 heavy (non-hydrogen) atoms. The standard InChI is InChI=1S/C12H15N3O/c1-7-4-8(2)6-10(5-7)11(13)12-14-9(3)16-15-12/h4-6,11H,13H2,1-3H3. The SMILES string of the molecule is Cc1cc(C)cc(C(N)c2noc(C)n2)c1. The Labute approximate surface area is 94.5 Å². The summed E-state index contributed by atoms with van der Waals surface area (Å²) >= 11 is 0. The Kier molecular flexibility index (Phi) is 2.75. The summed E-state index contributed by atoms with van der Waals surface area (Å²) in [5.41, 5.74) is 9.47. The molecular formula is C12H15N3O. The predicted molar refractivity (Wildman–Crippen MR) is 61.0 cm³/mol. The van der Waals surface area contributed by atoms with Gasteiger partial charge in [0.1, 0.15) is 0 Å². The van der Waals surface area contributed by atoms with Crippen LogP contribution in [0, 0.1) is 20.8 Å². The zero-order chi connectivity index (χ0) is 11.7. The van der Waals surface area contributed by atoms with Crippen LogP contribution < -0.4 is 5.73 Å². The summed E-state index contributed by atoms with van der Waals surface area (Å²) < 4.78 is 4.93. The van der Waals surface area contributed by atoms with E-state index in [0.717, 1.165) is 5.56 Å². The van der Waals surface area contributed by atoms with Crippen molar-refractivity contribution in [3.63, 3.8) is 0 Å². The van der Waals surface area contributed by atoms with E-state index in [4.69, 9.17) is 10.3 Å². The second-order valence-corrected chi connectivity index (χ2v) is 4.07. The van der Waals surface area contributed by atoms with Crippen molar-refractivity contribution < 1.29 is 4.52 Å². The molecule has 2 N–H and O–H groups in total. The van der Waals surface area contributed by atoms with Gasteiger partial charge in [-0.25, -0.2) is 0 Å². The van der Waals surface area contributed by atoms with Crippen LogP contribution in [-0.2, 0) is 0 Å². The van der Waals surface area contributed by atoms with Crippen LogP contribution in [0.3, 0.4) is 0 Å². The second kappa shape index (κ2) is 4.06. The van der Waals surface area contributed by atoms with Crippen molar-refractivity contribution in [1.29, 1.82) is 0 Å². The highest BCUT2D eigenvalue weighted by atomic mass is 16.5. The number of hydrogen-bond donors (Lipinski definition) is 1. The van der Waals surface area contributed by atoms with E-state index in [0.29, 0.717) is 11.7 Å². The van der Waals surface area contributed by atoms with E-state index in [2.05, 4.69) is 16.2 Å². The van der Waals surface area contributed by atoms with Gasteiger partial charge in [-0.1, -0.05) is 34.5 Å². The van der Waals surface area contributed by atoms with E-state index < -0.39 is 0 Å². The van der Waals surface area contributed by atoms with Gasteiger partial charge in [0.15, 0.2) is 5.82 Å². The zero-order valence-corrected chi connectivity index (χ0v) is 9.69. The lowest BCUT2D eigenvalue weighted by atomic mass is 10.0. The summed E-state index contributed by atoms with van der Waals surface area (Å²) in [6.07, 6.45) is 0. The third-order valence-electron chi connectivity index (χ3n) is 2.42. The third kappa shape index (κ3) is 2.12. The Morgan fingerprint density at radius 2 is 1.75 bits per heavy atom. The van der Waals surface area contributed by atoms with Crippen LogP contribution in [0.1, 0.15) is 34.4 Å². The van der Waals surface area contributed by atoms with Crippen LogP contribution in [0.25, 0.3) is 0 Å². The van der Waals surface area contributed by atoms with E-state index in [-0.39, 0.29) is 6.04 Å². The minimum absolute atomic E-state index is 0.323. The van der Waals surface area contributed by atoms with Crippen LogP contribution >= 0.6 is 0 Å². The van der Waals surface area contributed by atoms with Crippen LogP contribution in [0.4, 0.5) is 0 Å². The quantitative estimate of drug-likeness (QED) is 0.836. The highest BCUT2D eigenvalue weighted by molar-refractivity contribution is 5.32. The average Bonchev–Trinajstić information content (AvgIpc) is 2.62. The molecule has 0 spiro atoms. The fraction of sp³-hybridized carbons (Fsp3) is 0.333. The average molecular weight is 217 g/mol. The fourth-order valence-corrected chi connectivity index (χ4v) is 1.78. The lowest BCUT2D eigenvalue weighted by Crippen LogP contribution is -2.14. The maximum atomic E-state index is 6.08. The zero-order valence-electron chi connectivity index (χ0n) is 9.69. The monoisotopic (exact) mass is 217 g/mol. The van der Waals surface area contributed by atoms with E-state index in [1.165, 1.54) is 11.1 Å². The number of nitrogens with zero attached hydrogens (tertiary/aromatic N) is 2. The van der Waals surface area contributed by atoms with E-state index in [1.807, 2.05) is 26.0 Å². The molecule has 1 aromatic heterocycles. The smallest absolute Gasteiger partial charge is 0.223 e. The summed E-state index contributed by atoms with van der Waals surface area (Å²) in [7, 11) is 0. The van der Waals surface area contributed by atoms with Gasteiger partial charge in [-0.15, -0.1) is 0 Å². The maximum Gasteiger partial charge on any atom is 0.223 e. The lowest BCUT2D eigenvalue weighted by Gasteiger charge is -2.09. The molecule has 2 aromatic rings. The molecule has 1 aromatic carbocycles. The van der Waals surface area contributed by atoms with Gasteiger partial charge in [0.25, 0.3) is 0 Å². The molecule has 0 saturated heterocycles. The molecule has 0 bridgehead atoms. The van der Waals surface area contributed by atoms with Gasteiger partial charge in [0.2, 0.25) is 5.89 Å². The second-order valence-electron chi connectivity index (χ2n) is 4.07. The molecule has 0 amide bonds. The van der Waals surface area contributed by atoms with Crippen LogP contribution in [-0.4, -0.2) is 10.1 Å². The number of hydrogen-bond acceptors (Lipinski definition) is 4. The summed E-state index contributed by atoms with van der Waals surface area (Å²) in [6.45, 7) is 5.85. The number of rotatable bonds is 2. The van der Waals surface area contributed by atoms with Crippen molar-refractivity contribution in [3.8, 4) is 0 Å². The van der Waals surface area contributed by atoms with Gasteiger partial charge in [-0.05, 0) is 19.4 Å². The third-order valence-corrected chi connectivity index (χ3v) is 2.42. The van der Waals surface area contributed by atoms with E-state index in [9.17, 15) is 0 Å². The number of aromatic nitrogens is 2. The first-order chi connectivity index (χ1) is 7.56. The number of nitrogens with two attached hydrogens (primary N) is 1. The summed E-state index contributed by atoms with van der Waals surface area (Å²) in [5, 5.41) is 3.84. The van der Waals surface area contributed by atoms with Gasteiger partial charge in [-0.3, -0.25) is 0 Å². The van der Waals surface area contributed by atoms with Crippen LogP contribution in [0.15, 0.2) is 22.7 Å². The molecule has 1 heterocycles. The number of benzene rings is 1. The Hall–Kier alpha value is -1.68. The van der Waals surface area contributed by atoms with E-state index >= 15 is 0 Å². The molecule has 84 valence electrons. The van der Waals surface area contributed by atoms with Crippen molar-refractivity contribution >= 4 is 0 Å². The molecular weight excluding hydrogens is 202 g/mol. The minimum atomic E-state index is -0.323. The van der Waals surface area contributed by atoms with Crippen molar-refractivity contribution in [1.82, 2.24) is 10.1 Å².